The molecule has 0 unspecified atom stereocenters. The van der Waals surface area contributed by atoms with Crippen molar-refractivity contribution in [3.8, 4) is 0 Å². The first kappa shape index (κ1) is 11.6. The molecular weight excluding hydrogens is 262 g/mol. The molecule has 0 atom stereocenters. The first-order valence-corrected chi connectivity index (χ1v) is 7.13. The van der Waals surface area contributed by atoms with Gasteiger partial charge in [0.1, 0.15) is 4.99 Å². The smallest absolute Gasteiger partial charge is 0.187 e. The van der Waals surface area contributed by atoms with Crippen molar-refractivity contribution < 1.29 is 0 Å². The molecule has 92 valence electrons. The maximum Gasteiger partial charge on any atom is 0.187 e. The Kier molecular flexibility index (Phi) is 3.01. The number of aromatic nitrogens is 1. The lowest BCUT2D eigenvalue weighted by atomic mass is 10.2. The van der Waals surface area contributed by atoms with Crippen LogP contribution in [-0.2, 0) is 0 Å². The van der Waals surface area contributed by atoms with Crippen LogP contribution in [0.25, 0.3) is 0 Å². The monoisotopic (exact) mass is 275 g/mol. The van der Waals surface area contributed by atoms with Crippen molar-refractivity contribution in [3.05, 3.63) is 40.9 Å². The topological polar surface area (TPSA) is 50.9 Å². The van der Waals surface area contributed by atoms with Crippen molar-refractivity contribution in [2.75, 3.05) is 5.32 Å². The molecule has 3 N–H and O–H groups in total. The van der Waals surface area contributed by atoms with E-state index in [1.807, 2.05) is 24.3 Å². The van der Waals surface area contributed by atoms with E-state index >= 15 is 0 Å². The number of hydrogen-bond donors (Lipinski definition) is 2. The Labute approximate surface area is 115 Å². The molecule has 1 heterocycles. The van der Waals surface area contributed by atoms with Crippen LogP contribution in [0, 0.1) is 0 Å². The molecule has 1 aliphatic rings. The Morgan fingerprint density at radius 1 is 1.33 bits per heavy atom. The van der Waals surface area contributed by atoms with Gasteiger partial charge in [0.05, 0.1) is 5.69 Å². The quantitative estimate of drug-likeness (QED) is 0.840. The van der Waals surface area contributed by atoms with E-state index in [2.05, 4.69) is 15.7 Å². The molecule has 0 spiro atoms. The van der Waals surface area contributed by atoms with Crippen LogP contribution < -0.4 is 11.1 Å². The summed E-state index contributed by atoms with van der Waals surface area (Å²) in [5.41, 5.74) is 8.67. The van der Waals surface area contributed by atoms with Gasteiger partial charge in [-0.25, -0.2) is 4.98 Å². The summed E-state index contributed by atoms with van der Waals surface area (Å²) < 4.78 is 0. The Morgan fingerprint density at radius 3 is 2.67 bits per heavy atom. The molecule has 5 heteroatoms. The van der Waals surface area contributed by atoms with Gasteiger partial charge in [0.2, 0.25) is 0 Å². The molecule has 18 heavy (non-hydrogen) atoms. The number of thiocarbonyl (C=S) groups is 1. The zero-order valence-corrected chi connectivity index (χ0v) is 11.4. The van der Waals surface area contributed by atoms with Crippen LogP contribution in [0.2, 0.25) is 0 Å². The lowest BCUT2D eigenvalue weighted by Gasteiger charge is -2.03. The summed E-state index contributed by atoms with van der Waals surface area (Å²) in [5, 5.41) is 6.38. The number of hydrogen-bond acceptors (Lipinski definition) is 4. The van der Waals surface area contributed by atoms with Gasteiger partial charge in [-0.15, -0.1) is 11.3 Å². The molecule has 3 nitrogen and oxygen atoms in total. The van der Waals surface area contributed by atoms with E-state index in [9.17, 15) is 0 Å². The second kappa shape index (κ2) is 4.66. The van der Waals surface area contributed by atoms with Crippen LogP contribution >= 0.6 is 23.6 Å². The third-order valence-electron chi connectivity index (χ3n) is 2.94. The normalized spacial score (nSPS) is 14.4. The van der Waals surface area contributed by atoms with Crippen molar-refractivity contribution in [1.29, 1.82) is 0 Å². The first-order valence-electron chi connectivity index (χ1n) is 5.85. The molecule has 1 aromatic carbocycles. The molecule has 1 aliphatic carbocycles. The number of anilines is 2. The number of benzene rings is 1. The fraction of sp³-hybridized carbons (Fsp3) is 0.231. The summed E-state index contributed by atoms with van der Waals surface area (Å²) in [5.74, 6) is 0.703. The minimum atomic E-state index is 0.423. The van der Waals surface area contributed by atoms with Gasteiger partial charge in [0.25, 0.3) is 0 Å². The molecule has 0 bridgehead atoms. The zero-order chi connectivity index (χ0) is 12.5. The fourth-order valence-corrected chi connectivity index (χ4v) is 2.70. The van der Waals surface area contributed by atoms with E-state index in [0.29, 0.717) is 10.9 Å². The molecule has 1 saturated carbocycles. The molecule has 0 amide bonds. The van der Waals surface area contributed by atoms with E-state index in [4.69, 9.17) is 18.0 Å². The second-order valence-corrected chi connectivity index (χ2v) is 5.72. The predicted octanol–water partition coefficient (Wildman–Crippen LogP) is 3.40. The summed E-state index contributed by atoms with van der Waals surface area (Å²) in [4.78, 5) is 5.00. The zero-order valence-electron chi connectivity index (χ0n) is 9.72. The van der Waals surface area contributed by atoms with E-state index < -0.39 is 0 Å². The average molecular weight is 275 g/mol. The highest BCUT2D eigenvalue weighted by atomic mass is 32.1. The SMILES string of the molecule is NC(=S)c1ccc(Nc2nc(C3CC3)cs2)cc1. The summed E-state index contributed by atoms with van der Waals surface area (Å²) in [6, 6.07) is 7.76. The standard InChI is InChI=1S/C13H13N3S2/c14-12(17)9-3-5-10(6-4-9)15-13-16-11(7-18-13)8-1-2-8/h3-8H,1-2H2,(H2,14,17)(H,15,16). The third kappa shape index (κ3) is 2.52. The van der Waals surface area contributed by atoms with Gasteiger partial charge in [-0.3, -0.25) is 0 Å². The van der Waals surface area contributed by atoms with Gasteiger partial charge in [-0.2, -0.15) is 0 Å². The summed E-state index contributed by atoms with van der Waals surface area (Å²) in [6.07, 6.45) is 2.57. The van der Waals surface area contributed by atoms with E-state index in [1.165, 1.54) is 18.5 Å². The molecule has 0 aliphatic heterocycles. The number of nitrogens with two attached hydrogens (primary N) is 1. The van der Waals surface area contributed by atoms with Gasteiger partial charge in [0.15, 0.2) is 5.13 Å². The molecule has 1 aromatic heterocycles. The van der Waals surface area contributed by atoms with Crippen molar-refractivity contribution in [1.82, 2.24) is 4.98 Å². The molecule has 2 aromatic rings. The predicted molar refractivity (Wildman–Crippen MR) is 79.7 cm³/mol. The maximum absolute atomic E-state index is 5.56. The van der Waals surface area contributed by atoms with Crippen molar-refractivity contribution in [2.45, 2.75) is 18.8 Å². The van der Waals surface area contributed by atoms with Crippen LogP contribution in [0.3, 0.4) is 0 Å². The molecule has 1 fully saturated rings. The summed E-state index contributed by atoms with van der Waals surface area (Å²) in [6.45, 7) is 0. The minimum Gasteiger partial charge on any atom is -0.389 e. The molecular formula is C13H13N3S2. The Balaban J connectivity index is 1.72. The largest absolute Gasteiger partial charge is 0.389 e. The van der Waals surface area contributed by atoms with Crippen LogP contribution in [0.1, 0.15) is 30.0 Å². The second-order valence-electron chi connectivity index (χ2n) is 4.42. The summed E-state index contributed by atoms with van der Waals surface area (Å²) in [7, 11) is 0. The lowest BCUT2D eigenvalue weighted by Crippen LogP contribution is -2.08. The van der Waals surface area contributed by atoms with E-state index in [-0.39, 0.29) is 0 Å². The molecule has 0 saturated heterocycles. The number of nitrogens with zero attached hydrogens (tertiary/aromatic N) is 1. The van der Waals surface area contributed by atoms with Gasteiger partial charge >= 0.3 is 0 Å². The van der Waals surface area contributed by atoms with Crippen LogP contribution in [0.4, 0.5) is 10.8 Å². The Morgan fingerprint density at radius 2 is 2.06 bits per heavy atom. The Bertz CT molecular complexity index is 570. The number of rotatable bonds is 4. The van der Waals surface area contributed by atoms with Gasteiger partial charge in [-0.1, -0.05) is 12.2 Å². The first-order chi connectivity index (χ1) is 8.72. The third-order valence-corrected chi connectivity index (χ3v) is 3.95. The maximum atomic E-state index is 5.56. The highest BCUT2D eigenvalue weighted by Gasteiger charge is 2.25. The average Bonchev–Trinajstić information content (AvgIpc) is 3.11. The Hall–Kier alpha value is -1.46. The van der Waals surface area contributed by atoms with E-state index in [1.54, 1.807) is 11.3 Å². The molecule has 3 rings (SSSR count). The van der Waals surface area contributed by atoms with Crippen molar-refractivity contribution >= 4 is 39.4 Å². The molecule has 0 radical (unpaired) electrons. The lowest BCUT2D eigenvalue weighted by molar-refractivity contribution is 1.05. The van der Waals surface area contributed by atoms with Gasteiger partial charge in [-0.05, 0) is 37.1 Å². The number of nitrogens with one attached hydrogen (secondary N) is 1. The van der Waals surface area contributed by atoms with Crippen LogP contribution in [0.15, 0.2) is 29.6 Å². The fourth-order valence-electron chi connectivity index (χ4n) is 1.75. The highest BCUT2D eigenvalue weighted by molar-refractivity contribution is 7.80. The van der Waals surface area contributed by atoms with Crippen molar-refractivity contribution in [3.63, 3.8) is 0 Å². The van der Waals surface area contributed by atoms with Gasteiger partial charge < -0.3 is 11.1 Å². The number of thiazole rings is 1. The highest BCUT2D eigenvalue weighted by Crippen LogP contribution is 2.41. The minimum absolute atomic E-state index is 0.423. The summed E-state index contributed by atoms with van der Waals surface area (Å²) >= 11 is 6.57. The van der Waals surface area contributed by atoms with Crippen molar-refractivity contribution in [2.24, 2.45) is 5.73 Å². The van der Waals surface area contributed by atoms with Crippen LogP contribution in [-0.4, -0.2) is 9.97 Å². The van der Waals surface area contributed by atoms with Crippen LogP contribution in [0.5, 0.6) is 0 Å². The van der Waals surface area contributed by atoms with Gasteiger partial charge in [0, 0.05) is 22.5 Å². The van der Waals surface area contributed by atoms with E-state index in [0.717, 1.165) is 16.4 Å².